The first-order chi connectivity index (χ1) is 8.53. The summed E-state index contributed by atoms with van der Waals surface area (Å²) in [6.07, 6.45) is 7.42. The zero-order valence-electron chi connectivity index (χ0n) is 12.1. The van der Waals surface area contributed by atoms with Crippen LogP contribution in [0.3, 0.4) is 0 Å². The summed E-state index contributed by atoms with van der Waals surface area (Å²) < 4.78 is 2.45. The zero-order chi connectivity index (χ0) is 13.2. The zero-order valence-corrected chi connectivity index (χ0v) is 12.1. The molecule has 1 aromatic heterocycles. The number of aromatic nitrogens is 2. The lowest BCUT2D eigenvalue weighted by molar-refractivity contribution is 0.325. The molecule has 1 aliphatic carbocycles. The molecule has 0 saturated carbocycles. The highest BCUT2D eigenvalue weighted by Crippen LogP contribution is 2.25. The van der Waals surface area contributed by atoms with Crippen LogP contribution in [0, 0.1) is 12.3 Å². The standard InChI is InChI=1S/C15H27N3/c1-12-17-13-7-4-5-8-14(13)18(12)10-6-9-15(2,3)11-16/h4-11,16H2,1-3H3. The number of hydrogen-bond acceptors (Lipinski definition) is 2. The Hall–Kier alpha value is -0.830. The largest absolute Gasteiger partial charge is 0.332 e. The van der Waals surface area contributed by atoms with Crippen LogP contribution in [0.2, 0.25) is 0 Å². The number of rotatable bonds is 5. The second-order valence-corrected chi connectivity index (χ2v) is 6.38. The third kappa shape index (κ3) is 2.94. The topological polar surface area (TPSA) is 43.8 Å². The van der Waals surface area contributed by atoms with Crippen molar-refractivity contribution >= 4 is 0 Å². The van der Waals surface area contributed by atoms with E-state index in [1.54, 1.807) is 0 Å². The highest BCUT2D eigenvalue weighted by Gasteiger charge is 2.19. The maximum atomic E-state index is 5.79. The highest BCUT2D eigenvalue weighted by molar-refractivity contribution is 5.19. The van der Waals surface area contributed by atoms with Gasteiger partial charge in [-0.15, -0.1) is 0 Å². The van der Waals surface area contributed by atoms with Crippen molar-refractivity contribution < 1.29 is 0 Å². The molecule has 2 N–H and O–H groups in total. The Balaban J connectivity index is 1.99. The third-order valence-electron chi connectivity index (χ3n) is 4.21. The van der Waals surface area contributed by atoms with Gasteiger partial charge in [0.2, 0.25) is 0 Å². The smallest absolute Gasteiger partial charge is 0.106 e. The van der Waals surface area contributed by atoms with E-state index in [9.17, 15) is 0 Å². The molecule has 0 bridgehead atoms. The van der Waals surface area contributed by atoms with Crippen LogP contribution in [0.4, 0.5) is 0 Å². The molecule has 0 aliphatic heterocycles. The summed E-state index contributed by atoms with van der Waals surface area (Å²) in [5.41, 5.74) is 8.92. The molecule has 0 radical (unpaired) electrons. The summed E-state index contributed by atoms with van der Waals surface area (Å²) in [6.45, 7) is 8.53. The molecule has 0 aromatic carbocycles. The van der Waals surface area contributed by atoms with Crippen LogP contribution in [0.25, 0.3) is 0 Å². The summed E-state index contributed by atoms with van der Waals surface area (Å²) in [4.78, 5) is 4.72. The minimum Gasteiger partial charge on any atom is -0.332 e. The van der Waals surface area contributed by atoms with Crippen molar-refractivity contribution in [1.82, 2.24) is 9.55 Å². The summed E-state index contributed by atoms with van der Waals surface area (Å²) in [5.74, 6) is 1.20. The van der Waals surface area contributed by atoms with Gasteiger partial charge in [0.25, 0.3) is 0 Å². The molecule has 0 amide bonds. The number of nitrogens with zero attached hydrogens (tertiary/aromatic N) is 2. The summed E-state index contributed by atoms with van der Waals surface area (Å²) in [7, 11) is 0. The van der Waals surface area contributed by atoms with Gasteiger partial charge in [0, 0.05) is 12.2 Å². The van der Waals surface area contributed by atoms with E-state index in [0.717, 1.165) is 13.1 Å². The average Bonchev–Trinajstić information content (AvgIpc) is 2.66. The molecule has 0 atom stereocenters. The molecule has 2 rings (SSSR count). The fourth-order valence-corrected chi connectivity index (χ4v) is 2.85. The Bertz CT molecular complexity index is 404. The molecule has 1 aliphatic rings. The van der Waals surface area contributed by atoms with E-state index in [-0.39, 0.29) is 5.41 Å². The van der Waals surface area contributed by atoms with E-state index in [4.69, 9.17) is 10.7 Å². The quantitative estimate of drug-likeness (QED) is 0.872. The van der Waals surface area contributed by atoms with Crippen LogP contribution in [-0.4, -0.2) is 16.1 Å². The lowest BCUT2D eigenvalue weighted by atomic mass is 9.88. The fourth-order valence-electron chi connectivity index (χ4n) is 2.85. The Labute approximate surface area is 111 Å². The van der Waals surface area contributed by atoms with E-state index in [2.05, 4.69) is 25.3 Å². The summed E-state index contributed by atoms with van der Waals surface area (Å²) in [6, 6.07) is 0. The molecule has 0 saturated heterocycles. The summed E-state index contributed by atoms with van der Waals surface area (Å²) in [5, 5.41) is 0. The van der Waals surface area contributed by atoms with Crippen molar-refractivity contribution in [3.8, 4) is 0 Å². The second-order valence-electron chi connectivity index (χ2n) is 6.38. The average molecular weight is 249 g/mol. The Morgan fingerprint density at radius 1 is 1.28 bits per heavy atom. The number of hydrogen-bond donors (Lipinski definition) is 1. The molecule has 1 heterocycles. The molecule has 1 aromatic rings. The lowest BCUT2D eigenvalue weighted by Gasteiger charge is -2.23. The van der Waals surface area contributed by atoms with Crippen molar-refractivity contribution in [2.24, 2.45) is 11.1 Å². The Morgan fingerprint density at radius 3 is 2.72 bits per heavy atom. The molecular formula is C15H27N3. The SMILES string of the molecule is Cc1nc2c(n1CCCC(C)(C)CN)CCCC2. The van der Waals surface area contributed by atoms with Crippen LogP contribution in [-0.2, 0) is 19.4 Å². The van der Waals surface area contributed by atoms with Crippen molar-refractivity contribution in [3.63, 3.8) is 0 Å². The fraction of sp³-hybridized carbons (Fsp3) is 0.800. The first-order valence-corrected chi connectivity index (χ1v) is 7.28. The molecular weight excluding hydrogens is 222 g/mol. The molecule has 18 heavy (non-hydrogen) atoms. The van der Waals surface area contributed by atoms with Gasteiger partial charge in [-0.2, -0.15) is 0 Å². The monoisotopic (exact) mass is 249 g/mol. The van der Waals surface area contributed by atoms with Crippen LogP contribution in [0.1, 0.15) is 56.7 Å². The number of imidazole rings is 1. The molecule has 3 nitrogen and oxygen atoms in total. The van der Waals surface area contributed by atoms with E-state index in [0.29, 0.717) is 0 Å². The van der Waals surface area contributed by atoms with Gasteiger partial charge < -0.3 is 10.3 Å². The molecule has 102 valence electrons. The lowest BCUT2D eigenvalue weighted by Crippen LogP contribution is -2.24. The predicted molar refractivity (Wildman–Crippen MR) is 75.7 cm³/mol. The predicted octanol–water partition coefficient (Wildman–Crippen LogP) is 2.84. The molecule has 0 spiro atoms. The van der Waals surface area contributed by atoms with Crippen molar-refractivity contribution in [3.05, 3.63) is 17.2 Å². The first-order valence-electron chi connectivity index (χ1n) is 7.28. The van der Waals surface area contributed by atoms with Gasteiger partial charge in [-0.05, 0) is 57.4 Å². The van der Waals surface area contributed by atoms with E-state index < -0.39 is 0 Å². The van der Waals surface area contributed by atoms with Crippen molar-refractivity contribution in [2.75, 3.05) is 6.54 Å². The Morgan fingerprint density at radius 2 is 2.00 bits per heavy atom. The second kappa shape index (κ2) is 5.43. The number of aryl methyl sites for hydroxylation is 2. The van der Waals surface area contributed by atoms with Crippen LogP contribution < -0.4 is 5.73 Å². The highest BCUT2D eigenvalue weighted by atomic mass is 15.1. The van der Waals surface area contributed by atoms with Gasteiger partial charge in [-0.1, -0.05) is 13.8 Å². The minimum atomic E-state index is 0.272. The van der Waals surface area contributed by atoms with E-state index >= 15 is 0 Å². The number of nitrogens with two attached hydrogens (primary N) is 1. The van der Waals surface area contributed by atoms with Gasteiger partial charge in [-0.3, -0.25) is 0 Å². The van der Waals surface area contributed by atoms with Gasteiger partial charge in [0.05, 0.1) is 5.69 Å². The molecule has 0 fully saturated rings. The van der Waals surface area contributed by atoms with Crippen molar-refractivity contribution in [2.45, 2.75) is 65.8 Å². The van der Waals surface area contributed by atoms with Crippen molar-refractivity contribution in [1.29, 1.82) is 0 Å². The summed E-state index contributed by atoms with van der Waals surface area (Å²) >= 11 is 0. The van der Waals surface area contributed by atoms with Gasteiger partial charge >= 0.3 is 0 Å². The van der Waals surface area contributed by atoms with Gasteiger partial charge in [0.15, 0.2) is 0 Å². The van der Waals surface area contributed by atoms with Crippen LogP contribution >= 0.6 is 0 Å². The number of fused-ring (bicyclic) bond motifs is 1. The van der Waals surface area contributed by atoms with Crippen LogP contribution in [0.15, 0.2) is 0 Å². The normalized spacial score (nSPS) is 15.8. The van der Waals surface area contributed by atoms with E-state index in [1.165, 1.54) is 55.7 Å². The maximum Gasteiger partial charge on any atom is 0.106 e. The first kappa shape index (κ1) is 13.6. The van der Waals surface area contributed by atoms with Crippen LogP contribution in [0.5, 0.6) is 0 Å². The van der Waals surface area contributed by atoms with E-state index in [1.807, 2.05) is 0 Å². The third-order valence-corrected chi connectivity index (χ3v) is 4.21. The minimum absolute atomic E-state index is 0.272. The van der Waals surface area contributed by atoms with Gasteiger partial charge in [0.1, 0.15) is 5.82 Å². The Kier molecular flexibility index (Phi) is 4.10. The van der Waals surface area contributed by atoms with Gasteiger partial charge in [-0.25, -0.2) is 4.98 Å². The molecule has 3 heteroatoms. The molecule has 0 unspecified atom stereocenters. The maximum absolute atomic E-state index is 5.79.